The van der Waals surface area contributed by atoms with Crippen LogP contribution in [0.2, 0.25) is 0 Å². The number of furan rings is 1. The third-order valence-electron chi connectivity index (χ3n) is 3.90. The van der Waals surface area contributed by atoms with E-state index in [9.17, 15) is 19.7 Å². The van der Waals surface area contributed by atoms with E-state index in [-0.39, 0.29) is 18.1 Å². The van der Waals surface area contributed by atoms with Gasteiger partial charge in [-0.05, 0) is 68.3 Å². The lowest BCUT2D eigenvalue weighted by Crippen LogP contribution is -2.16. The summed E-state index contributed by atoms with van der Waals surface area (Å²) in [4.78, 5) is 33.8. The second kappa shape index (κ2) is 9.87. The monoisotopic (exact) mass is 601 g/mol. The molecule has 0 saturated heterocycles. The summed E-state index contributed by atoms with van der Waals surface area (Å²) >= 11 is 5.41. The van der Waals surface area contributed by atoms with Crippen LogP contribution >= 0.6 is 38.5 Å². The van der Waals surface area contributed by atoms with Gasteiger partial charge < -0.3 is 13.9 Å². The molecule has 0 bridgehead atoms. The van der Waals surface area contributed by atoms with Gasteiger partial charge in [0.1, 0.15) is 11.3 Å². The van der Waals surface area contributed by atoms with E-state index in [1.165, 1.54) is 37.6 Å². The Morgan fingerprint density at radius 2 is 2.10 bits per heavy atom. The van der Waals surface area contributed by atoms with Gasteiger partial charge in [0.05, 0.1) is 26.3 Å². The van der Waals surface area contributed by atoms with Crippen LogP contribution in [0.1, 0.15) is 16.1 Å². The average Bonchev–Trinajstić information content (AvgIpc) is 3.16. The number of nitrogens with zero attached hydrogens (tertiary/aromatic N) is 2. The molecule has 3 aromatic rings. The van der Waals surface area contributed by atoms with Gasteiger partial charge in [-0.1, -0.05) is 0 Å². The van der Waals surface area contributed by atoms with Crippen molar-refractivity contribution in [3.8, 4) is 5.75 Å². The van der Waals surface area contributed by atoms with Crippen LogP contribution in [0.5, 0.6) is 5.75 Å². The zero-order chi connectivity index (χ0) is 22.5. The van der Waals surface area contributed by atoms with Crippen LogP contribution in [-0.4, -0.2) is 36.7 Å². The quantitative estimate of drug-likeness (QED) is 0.142. The number of nitro benzene ring substituents is 1. The lowest BCUT2D eigenvalue weighted by Gasteiger charge is -2.10. The Morgan fingerprint density at radius 1 is 1.32 bits per heavy atom. The summed E-state index contributed by atoms with van der Waals surface area (Å²) in [5, 5.41) is 15.2. The zero-order valence-electron chi connectivity index (χ0n) is 15.8. The van der Waals surface area contributed by atoms with Gasteiger partial charge in [0.15, 0.2) is 12.4 Å². The number of ether oxygens (including phenoxy) is 2. The molecule has 10 nitrogen and oxygen atoms in total. The van der Waals surface area contributed by atoms with Crippen molar-refractivity contribution in [3.05, 3.63) is 65.9 Å². The summed E-state index contributed by atoms with van der Waals surface area (Å²) in [5.74, 6) is -0.670. The van der Waals surface area contributed by atoms with Crippen molar-refractivity contribution < 1.29 is 28.4 Å². The van der Waals surface area contributed by atoms with E-state index in [1.807, 2.05) is 22.6 Å². The van der Waals surface area contributed by atoms with Gasteiger partial charge in [-0.2, -0.15) is 5.10 Å². The fourth-order valence-electron chi connectivity index (χ4n) is 2.46. The van der Waals surface area contributed by atoms with Crippen LogP contribution in [0.3, 0.4) is 0 Å². The highest BCUT2D eigenvalue weighted by Crippen LogP contribution is 2.31. The number of hydrazone groups is 1. The molecule has 0 aliphatic rings. The smallest absolute Gasteiger partial charge is 0.343 e. The molecule has 1 aromatic heterocycles. The second-order valence-corrected chi connectivity index (χ2v) is 7.98. The van der Waals surface area contributed by atoms with Crippen LogP contribution in [0.25, 0.3) is 11.0 Å². The molecule has 1 heterocycles. The fourth-order valence-corrected chi connectivity index (χ4v) is 4.23. The van der Waals surface area contributed by atoms with Crippen LogP contribution in [0.15, 0.2) is 50.4 Å². The third kappa shape index (κ3) is 5.58. The van der Waals surface area contributed by atoms with Gasteiger partial charge in [-0.15, -0.1) is 0 Å². The van der Waals surface area contributed by atoms with E-state index in [4.69, 9.17) is 9.15 Å². The minimum absolute atomic E-state index is 0.0324. The number of carbonyl (C=O) groups excluding carboxylic acids is 2. The normalized spacial score (nSPS) is 10.9. The summed E-state index contributed by atoms with van der Waals surface area (Å²) in [7, 11) is 1.27. The Balaban J connectivity index is 1.68. The van der Waals surface area contributed by atoms with Gasteiger partial charge in [-0.3, -0.25) is 14.9 Å². The molecular weight excluding hydrogens is 589 g/mol. The van der Waals surface area contributed by atoms with Crippen LogP contribution in [0, 0.1) is 13.7 Å². The zero-order valence-corrected chi connectivity index (χ0v) is 19.5. The molecule has 1 N–H and O–H groups in total. The summed E-state index contributed by atoms with van der Waals surface area (Å²) in [6.45, 7) is -0.227. The molecule has 2 aromatic carbocycles. The van der Waals surface area contributed by atoms with E-state index in [0.717, 1.165) is 0 Å². The number of rotatable bonds is 7. The number of carbonyl (C=O) groups is 2. The standard InChI is InChI=1S/C19H13BrIN3O7/c1-29-17(25)9-30-18-13(20)4-10(5-14(18)21)8-22-23-19(26)16-7-11-6-12(24(27)28)2-3-15(11)31-16/h2-8H,9H2,1H3,(H,23,26)/b22-8+. The minimum Gasteiger partial charge on any atom is -0.480 e. The molecule has 0 fully saturated rings. The van der Waals surface area contributed by atoms with Crippen molar-refractivity contribution in [3.63, 3.8) is 0 Å². The van der Waals surface area contributed by atoms with Crippen LogP contribution in [0.4, 0.5) is 5.69 Å². The topological polar surface area (TPSA) is 133 Å². The number of hydrogen-bond acceptors (Lipinski definition) is 8. The third-order valence-corrected chi connectivity index (χ3v) is 5.29. The van der Waals surface area contributed by atoms with Gasteiger partial charge in [0, 0.05) is 17.5 Å². The molecule has 0 radical (unpaired) electrons. The minimum atomic E-state index is -0.609. The van der Waals surface area contributed by atoms with E-state index in [2.05, 4.69) is 31.2 Å². The first kappa shape index (κ1) is 22.7. The number of halogens is 2. The summed E-state index contributed by atoms with van der Waals surface area (Å²) in [5.41, 5.74) is 3.24. The van der Waals surface area contributed by atoms with Crippen molar-refractivity contribution in [2.45, 2.75) is 0 Å². The van der Waals surface area contributed by atoms with Crippen molar-refractivity contribution in [1.82, 2.24) is 5.43 Å². The maximum atomic E-state index is 12.3. The number of hydrogen-bond donors (Lipinski definition) is 1. The Hall–Kier alpha value is -3.00. The van der Waals surface area contributed by atoms with Crippen molar-refractivity contribution in [2.75, 3.05) is 13.7 Å². The molecule has 0 unspecified atom stereocenters. The van der Waals surface area contributed by atoms with E-state index in [1.54, 1.807) is 12.1 Å². The molecule has 0 aliphatic carbocycles. The maximum absolute atomic E-state index is 12.3. The Kier molecular flexibility index (Phi) is 7.22. The molecule has 3 rings (SSSR count). The molecule has 31 heavy (non-hydrogen) atoms. The largest absolute Gasteiger partial charge is 0.480 e. The number of benzene rings is 2. The van der Waals surface area contributed by atoms with Crippen molar-refractivity contribution >= 4 is 73.3 Å². The SMILES string of the molecule is COC(=O)COc1c(Br)cc(/C=N/NC(=O)c2cc3cc([N+](=O)[O-])ccc3o2)cc1I. The van der Waals surface area contributed by atoms with Crippen LogP contribution in [-0.2, 0) is 9.53 Å². The van der Waals surface area contributed by atoms with Gasteiger partial charge in [0.2, 0.25) is 0 Å². The Morgan fingerprint density at radius 3 is 2.77 bits per heavy atom. The molecule has 0 saturated carbocycles. The van der Waals surface area contributed by atoms with Crippen molar-refractivity contribution in [2.24, 2.45) is 5.10 Å². The van der Waals surface area contributed by atoms with Gasteiger partial charge >= 0.3 is 11.9 Å². The number of nitrogens with one attached hydrogen (secondary N) is 1. The molecule has 0 aliphatic heterocycles. The lowest BCUT2D eigenvalue weighted by atomic mass is 10.2. The lowest BCUT2D eigenvalue weighted by molar-refractivity contribution is -0.384. The van der Waals surface area contributed by atoms with Gasteiger partial charge in [0.25, 0.3) is 5.69 Å². The van der Waals surface area contributed by atoms with E-state index in [0.29, 0.717) is 30.3 Å². The first-order valence-electron chi connectivity index (χ1n) is 8.48. The summed E-state index contributed by atoms with van der Waals surface area (Å²) in [6.07, 6.45) is 1.42. The molecular formula is C19H13BrIN3O7. The average molecular weight is 602 g/mol. The summed E-state index contributed by atoms with van der Waals surface area (Å²) in [6, 6.07) is 8.89. The Labute approximate surface area is 197 Å². The van der Waals surface area contributed by atoms with Crippen molar-refractivity contribution in [1.29, 1.82) is 0 Å². The van der Waals surface area contributed by atoms with Gasteiger partial charge in [-0.25, -0.2) is 10.2 Å². The predicted molar refractivity (Wildman–Crippen MR) is 122 cm³/mol. The number of esters is 1. The van der Waals surface area contributed by atoms with Crippen LogP contribution < -0.4 is 10.2 Å². The molecule has 12 heteroatoms. The predicted octanol–water partition coefficient (Wildman–Crippen LogP) is 4.02. The molecule has 0 spiro atoms. The molecule has 1 amide bonds. The highest BCUT2D eigenvalue weighted by Gasteiger charge is 2.15. The van der Waals surface area contributed by atoms with E-state index < -0.39 is 16.8 Å². The first-order chi connectivity index (χ1) is 14.8. The highest BCUT2D eigenvalue weighted by molar-refractivity contribution is 14.1. The molecule has 160 valence electrons. The number of non-ortho nitro benzene ring substituents is 1. The first-order valence-corrected chi connectivity index (χ1v) is 10.4. The number of nitro groups is 1. The maximum Gasteiger partial charge on any atom is 0.343 e. The summed E-state index contributed by atoms with van der Waals surface area (Å²) < 4.78 is 16.7. The highest BCUT2D eigenvalue weighted by atomic mass is 127. The van der Waals surface area contributed by atoms with E-state index >= 15 is 0 Å². The second-order valence-electron chi connectivity index (χ2n) is 5.97. The molecule has 0 atom stereocenters. The number of amides is 1. The number of fused-ring (bicyclic) bond motifs is 1. The fraction of sp³-hybridized carbons (Fsp3) is 0.105. The Bertz CT molecular complexity index is 1190. The number of methoxy groups -OCH3 is 1.